The summed E-state index contributed by atoms with van der Waals surface area (Å²) < 4.78 is 11.8. The molecule has 1 heterocycles. The monoisotopic (exact) mass is 214 g/mol. The fourth-order valence-electron chi connectivity index (χ4n) is 2.11. The van der Waals surface area contributed by atoms with Crippen LogP contribution in [0.2, 0.25) is 0 Å². The summed E-state index contributed by atoms with van der Waals surface area (Å²) in [5.41, 5.74) is 0. The Hall–Kier alpha value is -0.0800. The Morgan fingerprint density at radius 1 is 1.13 bits per heavy atom. The summed E-state index contributed by atoms with van der Waals surface area (Å²) in [5, 5.41) is 0. The average Bonchev–Trinajstić information content (AvgIpc) is 2.16. The van der Waals surface area contributed by atoms with E-state index in [-0.39, 0.29) is 6.29 Å². The second kappa shape index (κ2) is 5.86. The Kier molecular flexibility index (Phi) is 5.07. The van der Waals surface area contributed by atoms with E-state index in [0.717, 1.165) is 19.3 Å². The summed E-state index contributed by atoms with van der Waals surface area (Å²) in [5.74, 6) is 1.30. The first-order valence-electron chi connectivity index (χ1n) is 6.33. The predicted octanol–water partition coefficient (Wildman–Crippen LogP) is 3.60. The highest BCUT2D eigenvalue weighted by atomic mass is 16.7. The Morgan fingerprint density at radius 3 is 2.27 bits per heavy atom. The highest BCUT2D eigenvalue weighted by Crippen LogP contribution is 2.28. The molecule has 1 aliphatic heterocycles. The lowest BCUT2D eigenvalue weighted by Crippen LogP contribution is -2.40. The molecule has 0 saturated carbocycles. The number of hydrogen-bond donors (Lipinski definition) is 0. The van der Waals surface area contributed by atoms with Crippen molar-refractivity contribution < 1.29 is 9.47 Å². The Morgan fingerprint density at radius 2 is 1.80 bits per heavy atom. The molecule has 2 heteroatoms. The van der Waals surface area contributed by atoms with Crippen LogP contribution < -0.4 is 0 Å². The van der Waals surface area contributed by atoms with E-state index in [1.165, 1.54) is 0 Å². The first-order chi connectivity index (χ1) is 7.02. The predicted molar refractivity (Wildman–Crippen MR) is 62.7 cm³/mol. The van der Waals surface area contributed by atoms with Crippen LogP contribution in [0.3, 0.4) is 0 Å². The molecule has 1 saturated heterocycles. The van der Waals surface area contributed by atoms with Crippen molar-refractivity contribution in [2.75, 3.05) is 0 Å². The zero-order valence-electron chi connectivity index (χ0n) is 10.8. The molecular formula is C13H26O2. The molecule has 0 amide bonds. The highest BCUT2D eigenvalue weighted by Gasteiger charge is 2.30. The van der Waals surface area contributed by atoms with E-state index in [2.05, 4.69) is 34.6 Å². The maximum Gasteiger partial charge on any atom is 0.158 e. The summed E-state index contributed by atoms with van der Waals surface area (Å²) >= 11 is 0. The fraction of sp³-hybridized carbons (Fsp3) is 1.00. The number of ether oxygens (including phenoxy) is 2. The van der Waals surface area contributed by atoms with Crippen molar-refractivity contribution in [2.45, 2.75) is 72.4 Å². The van der Waals surface area contributed by atoms with Gasteiger partial charge in [0.15, 0.2) is 6.29 Å². The van der Waals surface area contributed by atoms with Gasteiger partial charge < -0.3 is 9.47 Å². The fourth-order valence-corrected chi connectivity index (χ4v) is 2.11. The average molecular weight is 214 g/mol. The van der Waals surface area contributed by atoms with Crippen LogP contribution in [0.15, 0.2) is 0 Å². The van der Waals surface area contributed by atoms with Crippen molar-refractivity contribution in [1.82, 2.24) is 0 Å². The van der Waals surface area contributed by atoms with Crippen LogP contribution in [0.25, 0.3) is 0 Å². The van der Waals surface area contributed by atoms with Gasteiger partial charge in [0.1, 0.15) is 0 Å². The van der Waals surface area contributed by atoms with Crippen LogP contribution in [-0.2, 0) is 9.47 Å². The molecular weight excluding hydrogens is 188 g/mol. The first kappa shape index (κ1) is 13.0. The topological polar surface area (TPSA) is 18.5 Å². The lowest BCUT2D eigenvalue weighted by molar-refractivity contribution is -0.253. The third-order valence-corrected chi connectivity index (χ3v) is 2.98. The molecule has 0 radical (unpaired) electrons. The van der Waals surface area contributed by atoms with Gasteiger partial charge in [0.25, 0.3) is 0 Å². The van der Waals surface area contributed by atoms with Gasteiger partial charge in [-0.1, -0.05) is 34.6 Å². The van der Waals surface area contributed by atoms with Crippen molar-refractivity contribution in [2.24, 2.45) is 11.8 Å². The molecule has 0 N–H and O–H groups in total. The van der Waals surface area contributed by atoms with Gasteiger partial charge in [-0.05, 0) is 24.7 Å². The van der Waals surface area contributed by atoms with Gasteiger partial charge in [0, 0.05) is 6.42 Å². The van der Waals surface area contributed by atoms with Gasteiger partial charge in [-0.25, -0.2) is 0 Å². The van der Waals surface area contributed by atoms with E-state index in [1.54, 1.807) is 0 Å². The minimum absolute atomic E-state index is 0.0231. The van der Waals surface area contributed by atoms with E-state index < -0.39 is 0 Å². The molecule has 0 aromatic carbocycles. The minimum Gasteiger partial charge on any atom is -0.349 e. The summed E-state index contributed by atoms with van der Waals surface area (Å²) in [6, 6.07) is 0. The van der Waals surface area contributed by atoms with Gasteiger partial charge in [-0.3, -0.25) is 0 Å². The summed E-state index contributed by atoms with van der Waals surface area (Å²) in [4.78, 5) is 0. The van der Waals surface area contributed by atoms with Crippen LogP contribution in [-0.4, -0.2) is 18.5 Å². The van der Waals surface area contributed by atoms with Crippen LogP contribution >= 0.6 is 0 Å². The standard InChI is InChI=1S/C13H26O2/c1-6-13-14-11(7-9(2)3)8-12(15-13)10(4)5/h9-13H,6-8H2,1-5H3. The highest BCUT2D eigenvalue weighted by molar-refractivity contribution is 4.75. The van der Waals surface area contributed by atoms with Crippen molar-refractivity contribution in [3.8, 4) is 0 Å². The van der Waals surface area contributed by atoms with E-state index in [4.69, 9.17) is 9.47 Å². The molecule has 1 rings (SSSR count). The molecule has 0 aromatic heterocycles. The molecule has 0 bridgehead atoms. The van der Waals surface area contributed by atoms with Gasteiger partial charge in [0.2, 0.25) is 0 Å². The van der Waals surface area contributed by atoms with E-state index in [9.17, 15) is 0 Å². The minimum atomic E-state index is 0.0231. The van der Waals surface area contributed by atoms with E-state index >= 15 is 0 Å². The molecule has 3 atom stereocenters. The second-order valence-electron chi connectivity index (χ2n) is 5.38. The van der Waals surface area contributed by atoms with Gasteiger partial charge >= 0.3 is 0 Å². The smallest absolute Gasteiger partial charge is 0.158 e. The zero-order chi connectivity index (χ0) is 11.4. The maximum absolute atomic E-state index is 5.90. The molecule has 3 unspecified atom stereocenters. The normalized spacial score (nSPS) is 32.6. The zero-order valence-corrected chi connectivity index (χ0v) is 10.8. The molecule has 1 aliphatic rings. The molecule has 90 valence electrons. The second-order valence-corrected chi connectivity index (χ2v) is 5.38. The number of rotatable bonds is 4. The molecule has 0 aliphatic carbocycles. The molecule has 2 nitrogen and oxygen atoms in total. The third-order valence-electron chi connectivity index (χ3n) is 2.98. The van der Waals surface area contributed by atoms with Gasteiger partial charge in [-0.2, -0.15) is 0 Å². The molecule has 1 fully saturated rings. The third kappa shape index (κ3) is 4.12. The Bertz CT molecular complexity index is 177. The Balaban J connectivity index is 2.51. The van der Waals surface area contributed by atoms with Crippen molar-refractivity contribution in [3.05, 3.63) is 0 Å². The van der Waals surface area contributed by atoms with Gasteiger partial charge in [-0.15, -0.1) is 0 Å². The molecule has 0 aromatic rings. The van der Waals surface area contributed by atoms with E-state index in [1.807, 2.05) is 0 Å². The summed E-state index contributed by atoms with van der Waals surface area (Å²) in [6.07, 6.45) is 3.98. The quantitative estimate of drug-likeness (QED) is 0.712. The number of hydrogen-bond acceptors (Lipinski definition) is 2. The van der Waals surface area contributed by atoms with Gasteiger partial charge in [0.05, 0.1) is 12.2 Å². The van der Waals surface area contributed by atoms with Crippen molar-refractivity contribution in [1.29, 1.82) is 0 Å². The lowest BCUT2D eigenvalue weighted by atomic mass is 9.94. The molecule has 15 heavy (non-hydrogen) atoms. The largest absolute Gasteiger partial charge is 0.349 e. The summed E-state index contributed by atoms with van der Waals surface area (Å²) in [7, 11) is 0. The molecule has 0 spiro atoms. The SMILES string of the molecule is CCC1OC(CC(C)C)CC(C(C)C)O1. The summed E-state index contributed by atoms with van der Waals surface area (Å²) in [6.45, 7) is 11.1. The van der Waals surface area contributed by atoms with Crippen LogP contribution in [0.5, 0.6) is 0 Å². The van der Waals surface area contributed by atoms with Crippen LogP contribution in [0, 0.1) is 11.8 Å². The van der Waals surface area contributed by atoms with Crippen LogP contribution in [0.4, 0.5) is 0 Å². The maximum atomic E-state index is 5.90. The van der Waals surface area contributed by atoms with Crippen molar-refractivity contribution in [3.63, 3.8) is 0 Å². The van der Waals surface area contributed by atoms with Crippen LogP contribution in [0.1, 0.15) is 53.9 Å². The van der Waals surface area contributed by atoms with Crippen molar-refractivity contribution >= 4 is 0 Å². The first-order valence-corrected chi connectivity index (χ1v) is 6.33. The lowest BCUT2D eigenvalue weighted by Gasteiger charge is -2.38. The Labute approximate surface area is 94.3 Å². The van der Waals surface area contributed by atoms with E-state index in [0.29, 0.717) is 24.0 Å².